The van der Waals surface area contributed by atoms with E-state index in [1.165, 1.54) is 19.3 Å². The number of hydrogen-bond donors (Lipinski definition) is 0. The molecule has 1 saturated heterocycles. The Balaban J connectivity index is 2.16. The first-order valence-electron chi connectivity index (χ1n) is 6.74. The first-order valence-corrected chi connectivity index (χ1v) is 7.54. The summed E-state index contributed by atoms with van der Waals surface area (Å²) in [6.45, 7) is 3.83. The van der Waals surface area contributed by atoms with E-state index in [0.717, 1.165) is 41.5 Å². The van der Waals surface area contributed by atoms with Gasteiger partial charge in [0.15, 0.2) is 0 Å². The smallest absolute Gasteiger partial charge is 0.255 e. The monoisotopic (exact) mass is 309 g/mol. The van der Waals surface area contributed by atoms with Gasteiger partial charge in [-0.05, 0) is 47.3 Å². The maximum absolute atomic E-state index is 12.5. The zero-order valence-corrected chi connectivity index (χ0v) is 12.5. The Hall–Kier alpha value is -0.830. The summed E-state index contributed by atoms with van der Waals surface area (Å²) in [5, 5.41) is 0. The lowest BCUT2D eigenvalue weighted by atomic mass is 10.1. The molecule has 1 aromatic rings. The minimum atomic E-state index is 0.174. The van der Waals surface area contributed by atoms with Gasteiger partial charge in [0.1, 0.15) is 0 Å². The fraction of sp³-hybridized carbons (Fsp3) is 0.533. The van der Waals surface area contributed by atoms with Gasteiger partial charge < -0.3 is 4.90 Å². The van der Waals surface area contributed by atoms with Crippen molar-refractivity contribution < 1.29 is 4.79 Å². The van der Waals surface area contributed by atoms with Gasteiger partial charge in [-0.3, -0.25) is 4.79 Å². The molecule has 1 amide bonds. The van der Waals surface area contributed by atoms with E-state index < -0.39 is 0 Å². The molecule has 0 saturated carbocycles. The van der Waals surface area contributed by atoms with Crippen LogP contribution in [0.3, 0.4) is 0 Å². The van der Waals surface area contributed by atoms with Crippen LogP contribution in [0.2, 0.25) is 0 Å². The number of carbonyl (C=O) groups is 1. The van der Waals surface area contributed by atoms with E-state index in [9.17, 15) is 4.79 Å². The van der Waals surface area contributed by atoms with Gasteiger partial charge in [0.25, 0.3) is 5.91 Å². The third-order valence-electron chi connectivity index (χ3n) is 3.57. The summed E-state index contributed by atoms with van der Waals surface area (Å²) >= 11 is 3.53. The lowest BCUT2D eigenvalue weighted by molar-refractivity contribution is 0.0741. The second-order valence-electron chi connectivity index (χ2n) is 5.00. The number of carbonyl (C=O) groups excluding carboxylic acids is 1. The van der Waals surface area contributed by atoms with Gasteiger partial charge in [-0.2, -0.15) is 0 Å². The Kier molecular flexibility index (Phi) is 4.81. The summed E-state index contributed by atoms with van der Waals surface area (Å²) in [6, 6.07) is 5.89. The van der Waals surface area contributed by atoms with Crippen LogP contribution in [-0.4, -0.2) is 23.9 Å². The highest BCUT2D eigenvalue weighted by atomic mass is 79.9. The third kappa shape index (κ3) is 3.14. The molecule has 1 fully saturated rings. The molecule has 0 aromatic heterocycles. The van der Waals surface area contributed by atoms with Crippen molar-refractivity contribution in [3.8, 4) is 0 Å². The second kappa shape index (κ2) is 6.37. The van der Waals surface area contributed by atoms with Crippen molar-refractivity contribution in [1.29, 1.82) is 0 Å². The number of halogens is 1. The van der Waals surface area contributed by atoms with Crippen LogP contribution < -0.4 is 0 Å². The number of rotatable bonds is 1. The molecule has 1 aliphatic heterocycles. The minimum Gasteiger partial charge on any atom is -0.339 e. The summed E-state index contributed by atoms with van der Waals surface area (Å²) in [6.07, 6.45) is 6.08. The standard InChI is InChI=1S/C15H20BrNO/c1-12-8-7-9-13(14(12)16)15(18)17-10-5-3-2-4-6-11-17/h7-9H,2-6,10-11H2,1H3. The molecule has 1 aromatic carbocycles. The van der Waals surface area contributed by atoms with Crippen molar-refractivity contribution in [2.45, 2.75) is 39.0 Å². The van der Waals surface area contributed by atoms with Crippen LogP contribution in [0, 0.1) is 6.92 Å². The lowest BCUT2D eigenvalue weighted by Crippen LogP contribution is -2.34. The van der Waals surface area contributed by atoms with Crippen LogP contribution in [0.1, 0.15) is 48.0 Å². The van der Waals surface area contributed by atoms with E-state index in [4.69, 9.17) is 0 Å². The first kappa shape index (κ1) is 13.6. The van der Waals surface area contributed by atoms with Crippen LogP contribution in [-0.2, 0) is 0 Å². The number of likely N-dealkylation sites (tertiary alicyclic amines) is 1. The molecule has 0 aliphatic carbocycles. The zero-order chi connectivity index (χ0) is 13.0. The minimum absolute atomic E-state index is 0.174. The highest BCUT2D eigenvalue weighted by Gasteiger charge is 2.19. The summed E-state index contributed by atoms with van der Waals surface area (Å²) in [7, 11) is 0. The molecule has 0 bridgehead atoms. The van der Waals surface area contributed by atoms with Crippen molar-refractivity contribution in [3.05, 3.63) is 33.8 Å². The molecule has 1 heterocycles. The van der Waals surface area contributed by atoms with Crippen molar-refractivity contribution in [2.24, 2.45) is 0 Å². The molecular weight excluding hydrogens is 290 g/mol. The number of amides is 1. The molecule has 18 heavy (non-hydrogen) atoms. The first-order chi connectivity index (χ1) is 8.70. The molecule has 2 nitrogen and oxygen atoms in total. The molecule has 0 spiro atoms. The van der Waals surface area contributed by atoms with Gasteiger partial charge >= 0.3 is 0 Å². The van der Waals surface area contributed by atoms with Crippen molar-refractivity contribution in [2.75, 3.05) is 13.1 Å². The predicted octanol–water partition coefficient (Wildman–Crippen LogP) is 4.16. The van der Waals surface area contributed by atoms with Gasteiger partial charge in [0.05, 0.1) is 5.56 Å². The highest BCUT2D eigenvalue weighted by molar-refractivity contribution is 9.10. The van der Waals surface area contributed by atoms with E-state index in [-0.39, 0.29) is 5.91 Å². The highest BCUT2D eigenvalue weighted by Crippen LogP contribution is 2.23. The van der Waals surface area contributed by atoms with Crippen LogP contribution in [0.15, 0.2) is 22.7 Å². The van der Waals surface area contributed by atoms with Crippen LogP contribution in [0.5, 0.6) is 0 Å². The Morgan fingerprint density at radius 2 is 1.72 bits per heavy atom. The average Bonchev–Trinajstić information content (AvgIpc) is 2.31. The average molecular weight is 310 g/mol. The van der Waals surface area contributed by atoms with E-state index >= 15 is 0 Å². The fourth-order valence-electron chi connectivity index (χ4n) is 2.43. The number of aryl methyl sites for hydroxylation is 1. The molecule has 1 aliphatic rings. The Morgan fingerprint density at radius 1 is 1.11 bits per heavy atom. The normalized spacial score (nSPS) is 17.1. The molecule has 98 valence electrons. The van der Waals surface area contributed by atoms with Crippen molar-refractivity contribution in [3.63, 3.8) is 0 Å². The largest absolute Gasteiger partial charge is 0.339 e. The molecule has 0 N–H and O–H groups in total. The van der Waals surface area contributed by atoms with Gasteiger partial charge in [0, 0.05) is 17.6 Å². The maximum atomic E-state index is 12.5. The predicted molar refractivity (Wildman–Crippen MR) is 77.9 cm³/mol. The summed E-state index contributed by atoms with van der Waals surface area (Å²) < 4.78 is 0.942. The number of nitrogens with zero attached hydrogens (tertiary/aromatic N) is 1. The molecule has 2 rings (SSSR count). The summed E-state index contributed by atoms with van der Waals surface area (Å²) in [5.74, 6) is 0.174. The number of benzene rings is 1. The van der Waals surface area contributed by atoms with Gasteiger partial charge in [-0.1, -0.05) is 31.4 Å². The Labute approximate surface area is 117 Å². The van der Waals surface area contributed by atoms with Gasteiger partial charge in [-0.15, -0.1) is 0 Å². The van der Waals surface area contributed by atoms with Crippen LogP contribution >= 0.6 is 15.9 Å². The summed E-state index contributed by atoms with van der Waals surface area (Å²) in [4.78, 5) is 14.5. The molecular formula is C15H20BrNO. The Bertz CT molecular complexity index is 423. The molecule has 0 atom stereocenters. The quantitative estimate of drug-likeness (QED) is 0.762. The van der Waals surface area contributed by atoms with Crippen LogP contribution in [0.25, 0.3) is 0 Å². The molecule has 0 unspecified atom stereocenters. The van der Waals surface area contributed by atoms with Crippen LogP contribution in [0.4, 0.5) is 0 Å². The zero-order valence-electron chi connectivity index (χ0n) is 10.9. The van der Waals surface area contributed by atoms with E-state index in [1.807, 2.05) is 30.0 Å². The van der Waals surface area contributed by atoms with Gasteiger partial charge in [-0.25, -0.2) is 0 Å². The second-order valence-corrected chi connectivity index (χ2v) is 5.79. The third-order valence-corrected chi connectivity index (χ3v) is 4.62. The maximum Gasteiger partial charge on any atom is 0.255 e. The van der Waals surface area contributed by atoms with Gasteiger partial charge in [0.2, 0.25) is 0 Å². The fourth-order valence-corrected chi connectivity index (χ4v) is 2.87. The van der Waals surface area contributed by atoms with E-state index in [2.05, 4.69) is 15.9 Å². The topological polar surface area (TPSA) is 20.3 Å². The summed E-state index contributed by atoms with van der Waals surface area (Å²) in [5.41, 5.74) is 1.92. The van der Waals surface area contributed by atoms with E-state index in [1.54, 1.807) is 0 Å². The lowest BCUT2D eigenvalue weighted by Gasteiger charge is -2.25. The van der Waals surface area contributed by atoms with Crippen molar-refractivity contribution in [1.82, 2.24) is 4.90 Å². The van der Waals surface area contributed by atoms with E-state index in [0.29, 0.717) is 0 Å². The molecule has 0 radical (unpaired) electrons. The Morgan fingerprint density at radius 3 is 2.39 bits per heavy atom. The SMILES string of the molecule is Cc1cccc(C(=O)N2CCCCCCC2)c1Br. The van der Waals surface area contributed by atoms with Crippen molar-refractivity contribution >= 4 is 21.8 Å². The number of hydrogen-bond acceptors (Lipinski definition) is 1. The molecule has 3 heteroatoms.